The summed E-state index contributed by atoms with van der Waals surface area (Å²) < 4.78 is 5.77. The highest BCUT2D eigenvalue weighted by atomic mass is 32.2. The molecular formula is C23H27N3O2S. The molecule has 0 fully saturated rings. The fraction of sp³-hybridized carbons (Fsp3) is 0.348. The average Bonchev–Trinajstić information content (AvgIpc) is 3.16. The first-order valence-corrected chi connectivity index (χ1v) is 10.8. The summed E-state index contributed by atoms with van der Waals surface area (Å²) >= 11 is 1.29. The maximum atomic E-state index is 12.8. The highest BCUT2D eigenvalue weighted by Crippen LogP contribution is 2.25. The van der Waals surface area contributed by atoms with Gasteiger partial charge in [-0.2, -0.15) is 0 Å². The first-order chi connectivity index (χ1) is 13.9. The van der Waals surface area contributed by atoms with Crippen LogP contribution in [0.5, 0.6) is 0 Å². The summed E-state index contributed by atoms with van der Waals surface area (Å²) in [5.74, 6) is 0.834. The molecule has 0 aliphatic rings. The van der Waals surface area contributed by atoms with Crippen molar-refractivity contribution in [1.29, 1.82) is 0 Å². The molecule has 1 heterocycles. The number of hydrogen-bond acceptors (Lipinski definition) is 5. The van der Waals surface area contributed by atoms with Gasteiger partial charge in [0.2, 0.25) is 11.8 Å². The number of carbonyl (C=O) groups is 1. The minimum atomic E-state index is 0.0728. The fourth-order valence-electron chi connectivity index (χ4n) is 3.17. The van der Waals surface area contributed by atoms with E-state index in [1.807, 2.05) is 30.9 Å². The largest absolute Gasteiger partial charge is 0.411 e. The Kier molecular flexibility index (Phi) is 7.09. The van der Waals surface area contributed by atoms with Gasteiger partial charge in [-0.25, -0.2) is 0 Å². The van der Waals surface area contributed by atoms with Crippen LogP contribution in [-0.2, 0) is 11.3 Å². The van der Waals surface area contributed by atoms with Crippen molar-refractivity contribution in [1.82, 2.24) is 15.1 Å². The van der Waals surface area contributed by atoms with Crippen molar-refractivity contribution in [3.05, 3.63) is 64.7 Å². The normalized spacial score (nSPS) is 10.9. The molecule has 0 aliphatic heterocycles. The Morgan fingerprint density at radius 1 is 1.00 bits per heavy atom. The van der Waals surface area contributed by atoms with Gasteiger partial charge in [-0.3, -0.25) is 4.79 Å². The number of rotatable bonds is 8. The Labute approximate surface area is 176 Å². The molecule has 29 heavy (non-hydrogen) atoms. The van der Waals surface area contributed by atoms with Crippen molar-refractivity contribution in [3.8, 4) is 11.5 Å². The van der Waals surface area contributed by atoms with Crippen LogP contribution in [0.4, 0.5) is 0 Å². The fourth-order valence-corrected chi connectivity index (χ4v) is 3.84. The summed E-state index contributed by atoms with van der Waals surface area (Å²) in [6.07, 6.45) is 0.916. The van der Waals surface area contributed by atoms with E-state index in [1.165, 1.54) is 17.3 Å². The number of thioether (sulfide) groups is 1. The summed E-state index contributed by atoms with van der Waals surface area (Å²) in [7, 11) is 0. The Balaban J connectivity index is 1.62. The third-order valence-corrected chi connectivity index (χ3v) is 5.34. The molecule has 0 atom stereocenters. The lowest BCUT2D eigenvalue weighted by Crippen LogP contribution is -2.32. The van der Waals surface area contributed by atoms with Crippen LogP contribution < -0.4 is 0 Å². The Hall–Kier alpha value is -2.60. The molecule has 0 unspecified atom stereocenters. The molecule has 0 spiro atoms. The molecule has 6 heteroatoms. The van der Waals surface area contributed by atoms with Crippen molar-refractivity contribution in [2.75, 3.05) is 12.3 Å². The predicted molar refractivity (Wildman–Crippen MR) is 117 cm³/mol. The number of amides is 1. The van der Waals surface area contributed by atoms with E-state index in [-0.39, 0.29) is 11.7 Å². The molecule has 2 aromatic carbocycles. The van der Waals surface area contributed by atoms with Crippen LogP contribution in [0.3, 0.4) is 0 Å². The van der Waals surface area contributed by atoms with Crippen molar-refractivity contribution in [2.45, 2.75) is 45.9 Å². The lowest BCUT2D eigenvalue weighted by molar-refractivity contribution is -0.129. The van der Waals surface area contributed by atoms with Crippen LogP contribution in [0.15, 0.2) is 52.1 Å². The standard InChI is InChI=1S/C23H27N3O2S/c1-5-10-26(14-19-8-6-16(2)7-9-19)21(27)15-29-23-25-24-22(28-23)20-12-17(3)11-18(4)13-20/h6-9,11-13H,5,10,14-15H2,1-4H3. The lowest BCUT2D eigenvalue weighted by atomic mass is 10.1. The SMILES string of the molecule is CCCN(Cc1ccc(C)cc1)C(=O)CSc1nnc(-c2cc(C)cc(C)c2)o1. The molecule has 152 valence electrons. The zero-order valence-corrected chi connectivity index (χ0v) is 18.3. The second kappa shape index (κ2) is 9.74. The molecule has 3 aromatic rings. The first kappa shape index (κ1) is 21.1. The third-order valence-electron chi connectivity index (χ3n) is 4.53. The van der Waals surface area contributed by atoms with Gasteiger partial charge in [0.25, 0.3) is 5.22 Å². The van der Waals surface area contributed by atoms with Gasteiger partial charge in [0.05, 0.1) is 5.75 Å². The monoisotopic (exact) mass is 409 g/mol. The van der Waals surface area contributed by atoms with Gasteiger partial charge in [-0.15, -0.1) is 10.2 Å². The minimum Gasteiger partial charge on any atom is -0.411 e. The molecule has 1 amide bonds. The van der Waals surface area contributed by atoms with Crippen molar-refractivity contribution < 1.29 is 9.21 Å². The molecule has 0 N–H and O–H groups in total. The summed E-state index contributed by atoms with van der Waals surface area (Å²) in [5, 5.41) is 8.66. The van der Waals surface area contributed by atoms with E-state index in [2.05, 4.69) is 54.4 Å². The molecule has 3 rings (SSSR count). The molecule has 0 radical (unpaired) electrons. The lowest BCUT2D eigenvalue weighted by Gasteiger charge is -2.22. The van der Waals surface area contributed by atoms with Gasteiger partial charge in [0.15, 0.2) is 0 Å². The Bertz CT molecular complexity index is 946. The number of benzene rings is 2. The predicted octanol–water partition coefficient (Wildman–Crippen LogP) is 5.19. The summed E-state index contributed by atoms with van der Waals surface area (Å²) in [6, 6.07) is 14.4. The van der Waals surface area contributed by atoms with E-state index >= 15 is 0 Å². The minimum absolute atomic E-state index is 0.0728. The van der Waals surface area contributed by atoms with Crippen LogP contribution in [0.2, 0.25) is 0 Å². The zero-order chi connectivity index (χ0) is 20.8. The quantitative estimate of drug-likeness (QED) is 0.479. The Morgan fingerprint density at radius 3 is 2.34 bits per heavy atom. The van der Waals surface area contributed by atoms with Crippen LogP contribution >= 0.6 is 11.8 Å². The van der Waals surface area contributed by atoms with Crippen LogP contribution in [0.1, 0.15) is 35.6 Å². The van der Waals surface area contributed by atoms with Gasteiger partial charge in [0, 0.05) is 18.7 Å². The van der Waals surface area contributed by atoms with Gasteiger partial charge in [-0.05, 0) is 44.9 Å². The topological polar surface area (TPSA) is 59.2 Å². The molecule has 0 saturated heterocycles. The maximum Gasteiger partial charge on any atom is 0.277 e. The van der Waals surface area contributed by atoms with E-state index < -0.39 is 0 Å². The van der Waals surface area contributed by atoms with Crippen LogP contribution in [0, 0.1) is 20.8 Å². The second-order valence-electron chi connectivity index (χ2n) is 7.34. The van der Waals surface area contributed by atoms with E-state index in [9.17, 15) is 4.79 Å². The van der Waals surface area contributed by atoms with Gasteiger partial charge in [0.1, 0.15) is 0 Å². The number of hydrogen-bond donors (Lipinski definition) is 0. The highest BCUT2D eigenvalue weighted by molar-refractivity contribution is 7.99. The highest BCUT2D eigenvalue weighted by Gasteiger charge is 2.16. The number of nitrogens with zero attached hydrogens (tertiary/aromatic N) is 3. The number of aromatic nitrogens is 2. The first-order valence-electron chi connectivity index (χ1n) is 9.83. The van der Waals surface area contributed by atoms with Gasteiger partial charge < -0.3 is 9.32 Å². The summed E-state index contributed by atoms with van der Waals surface area (Å²) in [4.78, 5) is 14.6. The number of aryl methyl sites for hydroxylation is 3. The molecule has 1 aromatic heterocycles. The molecule has 0 bridgehead atoms. The van der Waals surface area contributed by atoms with Crippen LogP contribution in [-0.4, -0.2) is 33.3 Å². The molecule has 5 nitrogen and oxygen atoms in total. The maximum absolute atomic E-state index is 12.8. The Morgan fingerprint density at radius 2 is 1.69 bits per heavy atom. The van der Waals surface area contributed by atoms with Crippen LogP contribution in [0.25, 0.3) is 11.5 Å². The van der Waals surface area contributed by atoms with E-state index in [0.717, 1.165) is 35.2 Å². The smallest absolute Gasteiger partial charge is 0.277 e. The zero-order valence-electron chi connectivity index (χ0n) is 17.4. The van der Waals surface area contributed by atoms with E-state index in [4.69, 9.17) is 4.42 Å². The van der Waals surface area contributed by atoms with E-state index in [0.29, 0.717) is 17.7 Å². The average molecular weight is 410 g/mol. The summed E-state index contributed by atoms with van der Waals surface area (Å²) in [5.41, 5.74) is 5.55. The molecule has 0 saturated carbocycles. The van der Waals surface area contributed by atoms with Gasteiger partial charge >= 0.3 is 0 Å². The van der Waals surface area contributed by atoms with Crippen molar-refractivity contribution >= 4 is 17.7 Å². The van der Waals surface area contributed by atoms with Gasteiger partial charge in [-0.1, -0.05) is 65.7 Å². The summed E-state index contributed by atoms with van der Waals surface area (Å²) in [6.45, 7) is 9.56. The van der Waals surface area contributed by atoms with Crippen molar-refractivity contribution in [2.24, 2.45) is 0 Å². The third kappa shape index (κ3) is 5.94. The second-order valence-corrected chi connectivity index (χ2v) is 8.27. The number of carbonyl (C=O) groups excluding carboxylic acids is 1. The van der Waals surface area contributed by atoms with Crippen molar-refractivity contribution in [3.63, 3.8) is 0 Å². The van der Waals surface area contributed by atoms with E-state index in [1.54, 1.807) is 0 Å². The molecular weight excluding hydrogens is 382 g/mol. The molecule has 0 aliphatic carbocycles.